The zero-order valence-corrected chi connectivity index (χ0v) is 15.1. The summed E-state index contributed by atoms with van der Waals surface area (Å²) in [6.45, 7) is 1.22. The number of pyridine rings is 2. The summed E-state index contributed by atoms with van der Waals surface area (Å²) in [5.74, 6) is -2.89. The minimum atomic E-state index is -1.48. The first-order chi connectivity index (χ1) is 13.8. The molecule has 1 atom stereocenters. The van der Waals surface area contributed by atoms with Crippen LogP contribution in [0.4, 0.5) is 20.3 Å². The van der Waals surface area contributed by atoms with E-state index in [2.05, 4.69) is 4.98 Å². The molecule has 0 unspecified atom stereocenters. The van der Waals surface area contributed by atoms with E-state index in [0.717, 1.165) is 23.3 Å². The van der Waals surface area contributed by atoms with Crippen molar-refractivity contribution in [3.05, 3.63) is 57.9 Å². The number of halogens is 2. The normalized spacial score (nSPS) is 16.5. The maximum Gasteiger partial charge on any atom is 0.341 e. The van der Waals surface area contributed by atoms with E-state index in [-0.39, 0.29) is 28.5 Å². The number of hydrogen-bond acceptors (Lipinski definition) is 6. The van der Waals surface area contributed by atoms with Gasteiger partial charge in [0.25, 0.3) is 0 Å². The SMILES string of the molecule is Nc1cc(-n2cc(C(=O)O)c(=O)c3ccc(N4CC[C@H](N)C4)nc32)c(F)cc1F. The molecule has 1 aliphatic heterocycles. The number of benzene rings is 1. The van der Waals surface area contributed by atoms with Gasteiger partial charge in [-0.3, -0.25) is 9.36 Å². The second-order valence-electron chi connectivity index (χ2n) is 6.91. The Morgan fingerprint density at radius 1 is 1.24 bits per heavy atom. The summed E-state index contributed by atoms with van der Waals surface area (Å²) in [5.41, 5.74) is 9.66. The summed E-state index contributed by atoms with van der Waals surface area (Å²) in [6, 6.07) is 4.64. The Bertz CT molecular complexity index is 1210. The Balaban J connectivity index is 2.03. The Morgan fingerprint density at radius 2 is 2.00 bits per heavy atom. The molecule has 0 bridgehead atoms. The van der Waals surface area contributed by atoms with Gasteiger partial charge in [-0.05, 0) is 24.6 Å². The largest absolute Gasteiger partial charge is 0.477 e. The Kier molecular flexibility index (Phi) is 4.42. The first-order valence-corrected chi connectivity index (χ1v) is 8.81. The standard InChI is InChI=1S/C19H17F2N5O3/c20-12-5-13(21)15(6-14(12)23)26-8-11(19(28)29)17(27)10-1-2-16(24-18(10)26)25-4-3-9(22)7-25/h1-2,5-6,8-9H,3-4,7,22-23H2,(H,28,29)/t9-/m0/s1. The second kappa shape index (κ2) is 6.82. The van der Waals surface area contributed by atoms with E-state index in [4.69, 9.17) is 11.5 Å². The minimum Gasteiger partial charge on any atom is -0.477 e. The van der Waals surface area contributed by atoms with Crippen molar-refractivity contribution in [1.82, 2.24) is 9.55 Å². The van der Waals surface area contributed by atoms with Gasteiger partial charge in [0.15, 0.2) is 5.65 Å². The van der Waals surface area contributed by atoms with Gasteiger partial charge in [-0.1, -0.05) is 0 Å². The molecule has 3 heterocycles. The number of carboxylic acids is 1. The monoisotopic (exact) mass is 401 g/mol. The molecule has 3 aromatic rings. The van der Waals surface area contributed by atoms with Crippen LogP contribution in [-0.4, -0.2) is 39.8 Å². The summed E-state index contributed by atoms with van der Waals surface area (Å²) < 4.78 is 29.2. The highest BCUT2D eigenvalue weighted by molar-refractivity contribution is 5.92. The van der Waals surface area contributed by atoms with Crippen molar-refractivity contribution in [1.29, 1.82) is 0 Å². The molecule has 4 rings (SSSR count). The third-order valence-corrected chi connectivity index (χ3v) is 4.94. The zero-order valence-electron chi connectivity index (χ0n) is 15.1. The molecule has 29 heavy (non-hydrogen) atoms. The first-order valence-electron chi connectivity index (χ1n) is 8.81. The predicted molar refractivity (Wildman–Crippen MR) is 103 cm³/mol. The number of carbonyl (C=O) groups is 1. The number of nitrogen functional groups attached to an aromatic ring is 1. The van der Waals surface area contributed by atoms with Crippen LogP contribution in [0.2, 0.25) is 0 Å². The topological polar surface area (TPSA) is 127 Å². The van der Waals surface area contributed by atoms with Gasteiger partial charge >= 0.3 is 5.97 Å². The molecule has 0 radical (unpaired) electrons. The van der Waals surface area contributed by atoms with E-state index in [0.29, 0.717) is 25.0 Å². The van der Waals surface area contributed by atoms with Gasteiger partial charge < -0.3 is 21.5 Å². The number of rotatable bonds is 3. The van der Waals surface area contributed by atoms with Gasteiger partial charge in [0.1, 0.15) is 23.0 Å². The highest BCUT2D eigenvalue weighted by Gasteiger charge is 2.23. The quantitative estimate of drug-likeness (QED) is 0.567. The number of fused-ring (bicyclic) bond motifs is 1. The smallest absolute Gasteiger partial charge is 0.341 e. The molecule has 0 amide bonds. The highest BCUT2D eigenvalue weighted by Crippen LogP contribution is 2.26. The predicted octanol–water partition coefficient (Wildman–Crippen LogP) is 1.48. The summed E-state index contributed by atoms with van der Waals surface area (Å²) in [4.78, 5) is 30.5. The maximum atomic E-state index is 14.5. The summed E-state index contributed by atoms with van der Waals surface area (Å²) in [5, 5.41) is 9.37. The fourth-order valence-corrected chi connectivity index (χ4v) is 3.44. The lowest BCUT2D eigenvalue weighted by molar-refractivity contribution is 0.0695. The third-order valence-electron chi connectivity index (χ3n) is 4.94. The average molecular weight is 401 g/mol. The van der Waals surface area contributed by atoms with Crippen LogP contribution in [-0.2, 0) is 0 Å². The van der Waals surface area contributed by atoms with Crippen LogP contribution in [0.5, 0.6) is 0 Å². The Morgan fingerprint density at radius 3 is 2.66 bits per heavy atom. The van der Waals surface area contributed by atoms with Gasteiger partial charge in [0, 0.05) is 31.4 Å². The number of aromatic carboxylic acids is 1. The number of hydrogen-bond donors (Lipinski definition) is 3. The van der Waals surface area contributed by atoms with Crippen LogP contribution in [0, 0.1) is 11.6 Å². The molecule has 0 saturated carbocycles. The summed E-state index contributed by atoms with van der Waals surface area (Å²) in [7, 11) is 0. The van der Waals surface area contributed by atoms with Crippen LogP contribution in [0.25, 0.3) is 16.7 Å². The second-order valence-corrected chi connectivity index (χ2v) is 6.91. The maximum absolute atomic E-state index is 14.5. The summed E-state index contributed by atoms with van der Waals surface area (Å²) >= 11 is 0. The van der Waals surface area contributed by atoms with Crippen molar-refractivity contribution in [3.8, 4) is 5.69 Å². The van der Waals surface area contributed by atoms with Gasteiger partial charge in [-0.2, -0.15) is 0 Å². The molecule has 1 aromatic carbocycles. The molecule has 0 spiro atoms. The van der Waals surface area contributed by atoms with Crippen molar-refractivity contribution in [2.45, 2.75) is 12.5 Å². The molecule has 10 heteroatoms. The van der Waals surface area contributed by atoms with Crippen LogP contribution < -0.4 is 21.8 Å². The molecule has 2 aromatic heterocycles. The van der Waals surface area contributed by atoms with Crippen LogP contribution in [0.1, 0.15) is 16.8 Å². The van der Waals surface area contributed by atoms with Crippen molar-refractivity contribution in [2.24, 2.45) is 5.73 Å². The third kappa shape index (κ3) is 3.17. The molecular formula is C19H17F2N5O3. The molecule has 1 aliphatic rings. The molecular weight excluding hydrogens is 384 g/mol. The minimum absolute atomic E-state index is 0.0144. The van der Waals surface area contributed by atoms with Gasteiger partial charge in [0.2, 0.25) is 5.43 Å². The molecule has 5 N–H and O–H groups in total. The Labute approximate surface area is 163 Å². The lowest BCUT2D eigenvalue weighted by Crippen LogP contribution is -2.27. The van der Waals surface area contributed by atoms with E-state index in [1.165, 1.54) is 6.07 Å². The Hall–Kier alpha value is -3.53. The van der Waals surface area contributed by atoms with Gasteiger partial charge in [-0.25, -0.2) is 18.6 Å². The number of aromatic nitrogens is 2. The van der Waals surface area contributed by atoms with E-state index >= 15 is 0 Å². The first kappa shape index (κ1) is 18.8. The van der Waals surface area contributed by atoms with Gasteiger partial charge in [-0.15, -0.1) is 0 Å². The average Bonchev–Trinajstić information content (AvgIpc) is 3.11. The van der Waals surface area contributed by atoms with Crippen LogP contribution in [0.15, 0.2) is 35.3 Å². The van der Waals surface area contributed by atoms with Crippen LogP contribution in [0.3, 0.4) is 0 Å². The molecule has 0 aliphatic carbocycles. The van der Waals surface area contributed by atoms with Gasteiger partial charge in [0.05, 0.1) is 16.8 Å². The van der Waals surface area contributed by atoms with Crippen molar-refractivity contribution < 1.29 is 18.7 Å². The molecule has 1 saturated heterocycles. The lowest BCUT2D eigenvalue weighted by Gasteiger charge is -2.19. The lowest BCUT2D eigenvalue weighted by atomic mass is 10.1. The highest BCUT2D eigenvalue weighted by atomic mass is 19.1. The fraction of sp³-hybridized carbons (Fsp3) is 0.211. The summed E-state index contributed by atoms with van der Waals surface area (Å²) in [6.07, 6.45) is 1.74. The molecule has 150 valence electrons. The van der Waals surface area contributed by atoms with Crippen molar-refractivity contribution in [3.63, 3.8) is 0 Å². The van der Waals surface area contributed by atoms with Crippen LogP contribution >= 0.6 is 0 Å². The molecule has 1 fully saturated rings. The van der Waals surface area contributed by atoms with E-state index in [1.54, 1.807) is 6.07 Å². The van der Waals surface area contributed by atoms with E-state index in [1.807, 2.05) is 4.90 Å². The number of nitrogens with zero attached hydrogens (tertiary/aromatic N) is 3. The van der Waals surface area contributed by atoms with E-state index in [9.17, 15) is 23.5 Å². The van der Waals surface area contributed by atoms with Crippen molar-refractivity contribution in [2.75, 3.05) is 23.7 Å². The van der Waals surface area contributed by atoms with Crippen molar-refractivity contribution >= 4 is 28.5 Å². The number of carboxylic acid groups (broad SMARTS) is 1. The zero-order chi connectivity index (χ0) is 20.9. The number of nitrogens with two attached hydrogens (primary N) is 2. The number of anilines is 2. The molecule has 8 nitrogen and oxygen atoms in total. The fourth-order valence-electron chi connectivity index (χ4n) is 3.44. The van der Waals surface area contributed by atoms with E-state index < -0.39 is 28.6 Å².